The summed E-state index contributed by atoms with van der Waals surface area (Å²) in [6.07, 6.45) is 1.43. The molecule has 0 amide bonds. The van der Waals surface area contributed by atoms with E-state index in [0.717, 1.165) is 0 Å². The molecule has 1 aromatic carbocycles. The number of halogens is 1. The minimum atomic E-state index is -3.51. The summed E-state index contributed by atoms with van der Waals surface area (Å²) in [6, 6.07) is 9.71. The highest BCUT2D eigenvalue weighted by atomic mass is 35.5. The Hall–Kier alpha value is -1.79. The van der Waals surface area contributed by atoms with Crippen LogP contribution in [-0.4, -0.2) is 13.4 Å². The van der Waals surface area contributed by atoms with Crippen LogP contribution in [0.15, 0.2) is 42.6 Å². The first-order valence-corrected chi connectivity index (χ1v) is 7.44. The van der Waals surface area contributed by atoms with E-state index in [0.29, 0.717) is 16.9 Å². The van der Waals surface area contributed by atoms with Gasteiger partial charge in [-0.05, 0) is 29.8 Å². The van der Waals surface area contributed by atoms with Crippen LogP contribution in [0.5, 0.6) is 0 Å². The third-order valence-electron chi connectivity index (χ3n) is 2.31. The molecule has 1 aromatic heterocycles. The van der Waals surface area contributed by atoms with E-state index in [1.807, 2.05) is 0 Å². The van der Waals surface area contributed by atoms with Crippen molar-refractivity contribution in [1.29, 1.82) is 0 Å². The van der Waals surface area contributed by atoms with E-state index < -0.39 is 10.0 Å². The van der Waals surface area contributed by atoms with Crippen molar-refractivity contribution in [2.45, 2.75) is 5.75 Å². The molecular weight excluding hydrogens is 286 g/mol. The monoisotopic (exact) mass is 297 g/mol. The van der Waals surface area contributed by atoms with Crippen molar-refractivity contribution in [3.8, 4) is 0 Å². The number of nitrogens with zero attached hydrogens (tertiary/aromatic N) is 1. The van der Waals surface area contributed by atoms with Crippen LogP contribution in [-0.2, 0) is 15.8 Å². The minimum absolute atomic E-state index is 0.155. The molecule has 0 saturated heterocycles. The first-order chi connectivity index (χ1) is 8.94. The second-order valence-corrected chi connectivity index (χ2v) is 6.08. The summed E-state index contributed by atoms with van der Waals surface area (Å²) in [7, 11) is -3.51. The average Bonchev–Trinajstić information content (AvgIpc) is 2.27. The lowest BCUT2D eigenvalue weighted by Gasteiger charge is -2.08. The van der Waals surface area contributed by atoms with Crippen LogP contribution in [0.2, 0.25) is 5.15 Å². The van der Waals surface area contributed by atoms with Gasteiger partial charge in [-0.2, -0.15) is 0 Å². The summed E-state index contributed by atoms with van der Waals surface area (Å²) < 4.78 is 26.4. The summed E-state index contributed by atoms with van der Waals surface area (Å²) in [5.41, 5.74) is 7.13. The number of nitrogen functional groups attached to an aromatic ring is 1. The summed E-state index contributed by atoms with van der Waals surface area (Å²) in [6.45, 7) is 0. The zero-order valence-electron chi connectivity index (χ0n) is 9.88. The van der Waals surface area contributed by atoms with E-state index >= 15 is 0 Å². The second kappa shape index (κ2) is 5.46. The molecule has 0 aliphatic rings. The molecule has 0 unspecified atom stereocenters. The van der Waals surface area contributed by atoms with Gasteiger partial charge in [0.15, 0.2) is 0 Å². The molecule has 19 heavy (non-hydrogen) atoms. The molecule has 2 rings (SSSR count). The van der Waals surface area contributed by atoms with Crippen LogP contribution in [0.3, 0.4) is 0 Å². The fourth-order valence-electron chi connectivity index (χ4n) is 1.58. The lowest BCUT2D eigenvalue weighted by Crippen LogP contribution is -2.15. The summed E-state index contributed by atoms with van der Waals surface area (Å²) in [5, 5.41) is 0.226. The van der Waals surface area contributed by atoms with Crippen LogP contribution in [0.1, 0.15) is 5.56 Å². The molecule has 2 aromatic rings. The zero-order chi connectivity index (χ0) is 13.9. The van der Waals surface area contributed by atoms with Gasteiger partial charge in [-0.3, -0.25) is 4.72 Å². The normalized spacial score (nSPS) is 11.2. The fraction of sp³-hybridized carbons (Fsp3) is 0.0833. The Morgan fingerprint density at radius 3 is 2.74 bits per heavy atom. The molecular formula is C12H12ClN3O2S. The molecule has 100 valence electrons. The largest absolute Gasteiger partial charge is 0.399 e. The standard InChI is InChI=1S/C12H12ClN3O2S/c13-12-7-11(4-5-15-12)16-19(17,18)8-9-2-1-3-10(14)6-9/h1-7H,8,14H2,(H,15,16). The summed E-state index contributed by atoms with van der Waals surface area (Å²) >= 11 is 5.69. The predicted molar refractivity (Wildman–Crippen MR) is 76.3 cm³/mol. The van der Waals surface area contributed by atoms with Crippen molar-refractivity contribution in [1.82, 2.24) is 4.98 Å². The number of benzene rings is 1. The lowest BCUT2D eigenvalue weighted by molar-refractivity contribution is 0.600. The first-order valence-electron chi connectivity index (χ1n) is 5.41. The van der Waals surface area contributed by atoms with Crippen molar-refractivity contribution in [3.05, 3.63) is 53.3 Å². The number of hydrogen-bond acceptors (Lipinski definition) is 4. The van der Waals surface area contributed by atoms with Crippen molar-refractivity contribution in [2.24, 2.45) is 0 Å². The smallest absolute Gasteiger partial charge is 0.236 e. The van der Waals surface area contributed by atoms with E-state index in [2.05, 4.69) is 9.71 Å². The quantitative estimate of drug-likeness (QED) is 0.669. The number of anilines is 2. The van der Waals surface area contributed by atoms with Crippen molar-refractivity contribution < 1.29 is 8.42 Å². The molecule has 3 N–H and O–H groups in total. The van der Waals surface area contributed by atoms with Gasteiger partial charge in [0.05, 0.1) is 11.4 Å². The molecule has 5 nitrogen and oxygen atoms in total. The number of sulfonamides is 1. The molecule has 7 heteroatoms. The van der Waals surface area contributed by atoms with Gasteiger partial charge >= 0.3 is 0 Å². The average molecular weight is 298 g/mol. The number of rotatable bonds is 4. The Morgan fingerprint density at radius 2 is 2.05 bits per heavy atom. The van der Waals surface area contributed by atoms with E-state index in [1.165, 1.54) is 18.3 Å². The number of nitrogens with one attached hydrogen (secondary N) is 1. The number of pyridine rings is 1. The van der Waals surface area contributed by atoms with Gasteiger partial charge < -0.3 is 5.73 Å². The van der Waals surface area contributed by atoms with Crippen LogP contribution in [0, 0.1) is 0 Å². The molecule has 0 bridgehead atoms. The van der Waals surface area contributed by atoms with Gasteiger partial charge in [0.25, 0.3) is 0 Å². The first kappa shape index (κ1) is 13.6. The molecule has 0 radical (unpaired) electrons. The third-order valence-corrected chi connectivity index (χ3v) is 3.77. The Bertz CT molecular complexity index is 635. The minimum Gasteiger partial charge on any atom is -0.399 e. The van der Waals surface area contributed by atoms with Crippen molar-refractivity contribution >= 4 is 33.0 Å². The van der Waals surface area contributed by atoms with E-state index in [9.17, 15) is 8.42 Å². The highest BCUT2D eigenvalue weighted by Crippen LogP contribution is 2.16. The molecule has 0 spiro atoms. The van der Waals surface area contributed by atoms with Crippen molar-refractivity contribution in [2.75, 3.05) is 10.5 Å². The molecule has 0 aliphatic carbocycles. The Balaban J connectivity index is 2.15. The Labute approximate surface area is 116 Å². The summed E-state index contributed by atoms with van der Waals surface area (Å²) in [5.74, 6) is -0.155. The summed E-state index contributed by atoms with van der Waals surface area (Å²) in [4.78, 5) is 3.78. The molecule has 0 atom stereocenters. The SMILES string of the molecule is Nc1cccc(CS(=O)(=O)Nc2ccnc(Cl)c2)c1. The Morgan fingerprint density at radius 1 is 1.26 bits per heavy atom. The topological polar surface area (TPSA) is 85.1 Å². The van der Waals surface area contributed by atoms with Gasteiger partial charge in [-0.15, -0.1) is 0 Å². The molecule has 0 fully saturated rings. The number of aromatic nitrogens is 1. The molecule has 1 heterocycles. The van der Waals surface area contributed by atoms with Crippen LogP contribution >= 0.6 is 11.6 Å². The van der Waals surface area contributed by atoms with Gasteiger partial charge in [0.2, 0.25) is 10.0 Å². The van der Waals surface area contributed by atoms with Gasteiger partial charge in [0.1, 0.15) is 5.15 Å². The highest BCUT2D eigenvalue weighted by molar-refractivity contribution is 7.91. The maximum absolute atomic E-state index is 12.0. The molecule has 0 saturated carbocycles. The zero-order valence-corrected chi connectivity index (χ0v) is 11.4. The Kier molecular flexibility index (Phi) is 3.92. The predicted octanol–water partition coefficient (Wildman–Crippen LogP) is 2.26. The maximum Gasteiger partial charge on any atom is 0.236 e. The van der Waals surface area contributed by atoms with E-state index in [1.54, 1.807) is 24.3 Å². The van der Waals surface area contributed by atoms with Crippen LogP contribution in [0.25, 0.3) is 0 Å². The highest BCUT2D eigenvalue weighted by Gasteiger charge is 2.12. The van der Waals surface area contributed by atoms with E-state index in [4.69, 9.17) is 17.3 Å². The lowest BCUT2D eigenvalue weighted by atomic mass is 10.2. The number of hydrogen-bond donors (Lipinski definition) is 2. The molecule has 0 aliphatic heterocycles. The van der Waals surface area contributed by atoms with Gasteiger partial charge in [-0.1, -0.05) is 23.7 Å². The number of nitrogens with two attached hydrogens (primary N) is 1. The van der Waals surface area contributed by atoms with Gasteiger partial charge in [-0.25, -0.2) is 13.4 Å². The maximum atomic E-state index is 12.0. The van der Waals surface area contributed by atoms with Crippen LogP contribution in [0.4, 0.5) is 11.4 Å². The van der Waals surface area contributed by atoms with Crippen molar-refractivity contribution in [3.63, 3.8) is 0 Å². The van der Waals surface area contributed by atoms with E-state index in [-0.39, 0.29) is 10.9 Å². The van der Waals surface area contributed by atoms with Gasteiger partial charge in [0, 0.05) is 11.9 Å². The second-order valence-electron chi connectivity index (χ2n) is 3.97. The third kappa shape index (κ3) is 4.11. The fourth-order valence-corrected chi connectivity index (χ4v) is 2.93. The van der Waals surface area contributed by atoms with Crippen LogP contribution < -0.4 is 10.5 Å².